The lowest BCUT2D eigenvalue weighted by Crippen LogP contribution is -2.23. The quantitative estimate of drug-likeness (QED) is 0.0921. The molecule has 484 valence electrons. The van der Waals surface area contributed by atoms with Crippen molar-refractivity contribution < 1.29 is 9.84 Å². The highest BCUT2D eigenvalue weighted by atomic mass is 35.5. The van der Waals surface area contributed by atoms with Gasteiger partial charge < -0.3 is 9.84 Å². The number of alkyl halides is 1. The first-order valence-electron chi connectivity index (χ1n) is 30.7. The van der Waals surface area contributed by atoms with Crippen molar-refractivity contribution in [3.8, 4) is 11.5 Å². The number of ether oxygens (including phenoxy) is 1. The second-order valence-electron chi connectivity index (χ2n) is 22.2. The molecule has 2 unspecified atom stereocenters. The van der Waals surface area contributed by atoms with Crippen molar-refractivity contribution in [3.05, 3.63) is 301 Å². The molecule has 0 heterocycles. The molecule has 1 fully saturated rings. The molecule has 1 N–H and O–H groups in total. The maximum absolute atomic E-state index is 8.94. The number of methoxy groups -OCH3 is 1. The van der Waals surface area contributed by atoms with E-state index in [1.54, 1.807) is 24.1 Å². The van der Waals surface area contributed by atoms with E-state index in [-0.39, 0.29) is 32.7 Å². The van der Waals surface area contributed by atoms with Crippen LogP contribution in [0.3, 0.4) is 0 Å². The molecular formula is C81H92Cl3O2S7+7. The van der Waals surface area contributed by atoms with E-state index in [9.17, 15) is 0 Å². The van der Waals surface area contributed by atoms with Crippen LogP contribution in [-0.2, 0) is 76.3 Å². The summed E-state index contributed by atoms with van der Waals surface area (Å²) in [4.78, 5) is 13.4. The molecule has 12 heteroatoms. The zero-order chi connectivity index (χ0) is 66.7. The molecule has 2 nitrogen and oxygen atoms in total. The summed E-state index contributed by atoms with van der Waals surface area (Å²) < 4.78 is 5.26. The van der Waals surface area contributed by atoms with Crippen molar-refractivity contribution in [1.82, 2.24) is 0 Å². The molecule has 1 aliphatic rings. The molecule has 1 aliphatic carbocycles. The fourth-order valence-electron chi connectivity index (χ4n) is 9.51. The van der Waals surface area contributed by atoms with Gasteiger partial charge in [-0.2, -0.15) is 0 Å². The first kappa shape index (κ1) is 76.6. The van der Waals surface area contributed by atoms with Crippen molar-refractivity contribution >= 4 is 122 Å². The fraction of sp³-hybridized carbons (Fsp3) is 0.210. The first-order chi connectivity index (χ1) is 45.1. The van der Waals surface area contributed by atoms with Gasteiger partial charge in [0.05, 0.1) is 47.7 Å². The second kappa shape index (κ2) is 42.9. The summed E-state index contributed by atoms with van der Waals surface area (Å²) in [6.45, 7) is 0. The van der Waals surface area contributed by atoms with Gasteiger partial charge in [-0.25, -0.2) is 0 Å². The number of benzene rings is 11. The Morgan fingerprint density at radius 3 is 1.12 bits per heavy atom. The van der Waals surface area contributed by atoms with Crippen LogP contribution in [0, 0.1) is 0 Å². The average Bonchev–Trinajstić information content (AvgIpc) is 0.884. The van der Waals surface area contributed by atoms with Crippen LogP contribution in [0.4, 0.5) is 0 Å². The van der Waals surface area contributed by atoms with E-state index in [0.717, 1.165) is 26.3 Å². The van der Waals surface area contributed by atoms with Gasteiger partial charge in [0.25, 0.3) is 0 Å². The van der Waals surface area contributed by atoms with Crippen LogP contribution in [0.25, 0.3) is 10.8 Å². The zero-order valence-electron chi connectivity index (χ0n) is 55.4. The Hall–Kier alpha value is -5.40. The Labute approximate surface area is 593 Å². The number of rotatable bonds is 13. The molecule has 12 rings (SSSR count). The standard InChI is InChI=1S/C22H17S.C19H15Cl2OS.C13H19S.C8H10ClS.C8H10OS.C8H11S.C3H9S/c1-3-12-19(13-4-1)23(20-14-5-2-6-15-20)22-17-9-11-18-10-7-8-16-21(18)22;1-22-16-6-12-19(13-7-16)23(17-8-2-14(20)3-9-17)18-10-4-15(21)5-11-18;1-14(12-8-4-2-5-9-12)13-10-6-3-7-11-13;1-10(7-9)8-5-3-2-4-6-8;1-10(2)8-5-3-7(9)4-6-8;1-9(2)8-6-4-3-5-7-8;1-4(2)3/h1-17H;2-13H,1H3;2,4-5,8-9,13H,3,6-7,10-11H2,1H3;2-6H,7H2,1H3;3-6H,1-2H3;3-7H,1-2H3;1-3H3/q4*+1;;2*+1/p+1. The smallest absolute Gasteiger partial charge is 0.186 e. The minimum Gasteiger partial charge on any atom is -0.508 e. The lowest BCUT2D eigenvalue weighted by molar-refractivity contribution is 0.414. The normalized spacial score (nSPS) is 12.4. The lowest BCUT2D eigenvalue weighted by atomic mass is 10.0. The summed E-state index contributed by atoms with van der Waals surface area (Å²) in [5.74, 6) is 1.19. The van der Waals surface area contributed by atoms with Crippen LogP contribution in [0.5, 0.6) is 11.5 Å². The van der Waals surface area contributed by atoms with E-state index < -0.39 is 0 Å². The molecule has 1 saturated carbocycles. The summed E-state index contributed by atoms with van der Waals surface area (Å²) in [6.07, 6.45) is 27.2. The van der Waals surface area contributed by atoms with E-state index in [0.29, 0.717) is 49.3 Å². The average molecular weight is 1430 g/mol. The van der Waals surface area contributed by atoms with Crippen LogP contribution < -0.4 is 4.74 Å². The van der Waals surface area contributed by atoms with Gasteiger partial charge >= 0.3 is 0 Å². The van der Waals surface area contributed by atoms with Gasteiger partial charge in [-0.15, -0.1) is 0 Å². The van der Waals surface area contributed by atoms with Gasteiger partial charge in [-0.3, -0.25) is 0 Å². The third-order valence-corrected chi connectivity index (χ3v) is 26.6. The Morgan fingerprint density at radius 2 is 0.710 bits per heavy atom. The highest BCUT2D eigenvalue weighted by Gasteiger charge is 2.32. The van der Waals surface area contributed by atoms with Gasteiger partial charge in [-0.05, 0) is 212 Å². The molecule has 0 aromatic heterocycles. The third-order valence-electron chi connectivity index (χ3n) is 14.3. The second-order valence-corrected chi connectivity index (χ2v) is 38.6. The Kier molecular flexibility index (Phi) is 35.4. The number of halogens is 3. The number of phenols is 1. The van der Waals surface area contributed by atoms with Crippen molar-refractivity contribution in [2.45, 2.75) is 86.3 Å². The van der Waals surface area contributed by atoms with E-state index >= 15 is 0 Å². The van der Waals surface area contributed by atoms with Gasteiger partial charge in [0.2, 0.25) is 0 Å². The SMILES string of the molecule is COc1ccc([S+](c2ccc(Cl)cc2)c2ccc(Cl)cc2)cc1.C[S+](C)C.C[S+](C)c1ccc(O)cc1.C[S+](C)c1ccccc1.C[S+](CCl)c1ccccc1.C[S+](c1ccccc1)C1CCCCC1.c1ccc([S+](c2ccccc2)c2cccc3ccccc23)cc1. The van der Waals surface area contributed by atoms with Crippen molar-refractivity contribution in [1.29, 1.82) is 0 Å². The molecule has 93 heavy (non-hydrogen) atoms. The highest BCUT2D eigenvalue weighted by Crippen LogP contribution is 2.37. The minimum absolute atomic E-state index is 0.0892. The number of hydrogen-bond donors (Lipinski definition) is 1. The Bertz CT molecular complexity index is 3640. The lowest BCUT2D eigenvalue weighted by Gasteiger charge is -2.20. The molecule has 0 spiro atoms. The molecule has 11 aromatic carbocycles. The maximum atomic E-state index is 8.94. The first-order valence-corrected chi connectivity index (χ1v) is 44.5. The van der Waals surface area contributed by atoms with Gasteiger partial charge in [0.15, 0.2) is 54.2 Å². The van der Waals surface area contributed by atoms with Crippen LogP contribution in [0.1, 0.15) is 32.1 Å². The summed E-state index contributed by atoms with van der Waals surface area (Å²) >= 11 is 17.8. The van der Waals surface area contributed by atoms with Crippen LogP contribution in [-0.4, -0.2) is 79.0 Å². The molecule has 0 saturated heterocycles. The van der Waals surface area contributed by atoms with Crippen LogP contribution in [0.15, 0.2) is 340 Å². The maximum Gasteiger partial charge on any atom is 0.186 e. The highest BCUT2D eigenvalue weighted by molar-refractivity contribution is 7.98. The summed E-state index contributed by atoms with van der Waals surface area (Å²) in [5.41, 5.74) is 0. The van der Waals surface area contributed by atoms with Gasteiger partial charge in [0, 0.05) is 59.0 Å². The van der Waals surface area contributed by atoms with Crippen LogP contribution >= 0.6 is 34.8 Å². The third kappa shape index (κ3) is 27.0. The Morgan fingerprint density at radius 1 is 0.366 bits per heavy atom. The summed E-state index contributed by atoms with van der Waals surface area (Å²) in [6, 6.07) is 100. The van der Waals surface area contributed by atoms with Crippen molar-refractivity contribution in [2.24, 2.45) is 0 Å². The summed E-state index contributed by atoms with van der Waals surface area (Å²) in [5, 5.41) is 14.7. The molecule has 0 radical (unpaired) electrons. The Balaban J connectivity index is 0.000000182. The number of fused-ring (bicyclic) bond motifs is 1. The van der Waals surface area contributed by atoms with E-state index in [2.05, 4.69) is 269 Å². The minimum atomic E-state index is -0.214. The van der Waals surface area contributed by atoms with E-state index in [1.807, 2.05) is 66.7 Å². The van der Waals surface area contributed by atoms with E-state index in [1.165, 1.54) is 86.9 Å². The largest absolute Gasteiger partial charge is 0.508 e. The predicted molar refractivity (Wildman–Crippen MR) is 425 cm³/mol. The zero-order valence-corrected chi connectivity index (χ0v) is 63.4. The van der Waals surface area contributed by atoms with Gasteiger partial charge in [-0.1, -0.05) is 163 Å². The fourth-order valence-corrected chi connectivity index (χ4v) is 18.6. The van der Waals surface area contributed by atoms with E-state index in [4.69, 9.17) is 44.6 Å². The molecule has 11 aromatic rings. The molecule has 0 aliphatic heterocycles. The van der Waals surface area contributed by atoms with Crippen molar-refractivity contribution in [2.75, 3.05) is 68.6 Å². The predicted octanol–water partition coefficient (Wildman–Crippen LogP) is 22.2. The number of hydrogen-bond acceptors (Lipinski definition) is 2. The monoisotopic (exact) mass is 1430 g/mol. The molecule has 0 amide bonds. The molecule has 2 atom stereocenters. The van der Waals surface area contributed by atoms with Crippen LogP contribution in [0.2, 0.25) is 10.0 Å². The van der Waals surface area contributed by atoms with Gasteiger partial charge in [0.1, 0.15) is 54.3 Å². The number of aromatic hydroxyl groups is 1. The molecular weight excluding hydrogens is 1340 g/mol. The number of phenolic OH excluding ortho intramolecular Hbond substituents is 1. The van der Waals surface area contributed by atoms with Crippen molar-refractivity contribution in [3.63, 3.8) is 0 Å². The molecule has 0 bridgehead atoms. The topological polar surface area (TPSA) is 29.5 Å². The summed E-state index contributed by atoms with van der Waals surface area (Å²) in [7, 11) is 3.44.